The Bertz CT molecular complexity index is 420. The number of oxime groups is 1. The van der Waals surface area contributed by atoms with Crippen molar-refractivity contribution in [2.24, 2.45) is 5.16 Å². The molecule has 4 nitrogen and oxygen atoms in total. The van der Waals surface area contributed by atoms with E-state index in [1.54, 1.807) is 0 Å². The van der Waals surface area contributed by atoms with E-state index in [-0.39, 0.29) is 16.1 Å². The second-order valence-corrected chi connectivity index (χ2v) is 2.97. The van der Waals surface area contributed by atoms with Crippen LogP contribution in [0.1, 0.15) is 15.9 Å². The molecule has 1 aromatic rings. The zero-order chi connectivity index (χ0) is 11.4. The van der Waals surface area contributed by atoms with Gasteiger partial charge in [0.1, 0.15) is 5.82 Å². The lowest BCUT2D eigenvalue weighted by Crippen LogP contribution is -2.04. The average Bonchev–Trinajstić information content (AvgIpc) is 2.22. The zero-order valence-electron chi connectivity index (χ0n) is 7.70. The van der Waals surface area contributed by atoms with Gasteiger partial charge in [-0.3, -0.25) is 0 Å². The molecule has 0 radical (unpaired) electrons. The van der Waals surface area contributed by atoms with Crippen LogP contribution in [0.5, 0.6) is 0 Å². The van der Waals surface area contributed by atoms with Crippen molar-refractivity contribution in [3.05, 3.63) is 34.1 Å². The third-order valence-electron chi connectivity index (χ3n) is 1.67. The summed E-state index contributed by atoms with van der Waals surface area (Å²) in [5.74, 6) is -1.43. The van der Waals surface area contributed by atoms with Gasteiger partial charge in [0.05, 0.1) is 23.9 Å². The second-order valence-electron chi connectivity index (χ2n) is 2.59. The van der Waals surface area contributed by atoms with Gasteiger partial charge >= 0.3 is 5.97 Å². The Hall–Kier alpha value is -1.62. The summed E-state index contributed by atoms with van der Waals surface area (Å²) in [5.41, 5.74) is -0.0198. The Labute approximate surface area is 89.9 Å². The van der Waals surface area contributed by atoms with Crippen LogP contribution in [0.3, 0.4) is 0 Å². The standard InChI is InChI=1S/C9H7ClFNO3/c1-15-9(13)7-3-6(11)2-5(4-12-14)8(7)10/h2-4,14H,1H3/b12-4+. The number of esters is 1. The monoisotopic (exact) mass is 231 g/mol. The number of hydrogen-bond acceptors (Lipinski definition) is 4. The first-order valence-corrected chi connectivity index (χ1v) is 4.22. The zero-order valence-corrected chi connectivity index (χ0v) is 8.45. The van der Waals surface area contributed by atoms with Crippen molar-refractivity contribution in [1.82, 2.24) is 0 Å². The number of hydrogen-bond donors (Lipinski definition) is 1. The first-order valence-electron chi connectivity index (χ1n) is 3.85. The average molecular weight is 232 g/mol. The number of nitrogens with zero attached hydrogens (tertiary/aromatic N) is 1. The first kappa shape index (κ1) is 11.5. The normalized spacial score (nSPS) is 10.6. The van der Waals surface area contributed by atoms with E-state index < -0.39 is 11.8 Å². The third kappa shape index (κ3) is 2.44. The summed E-state index contributed by atoms with van der Waals surface area (Å²) >= 11 is 5.76. The van der Waals surface area contributed by atoms with Gasteiger partial charge in [-0.15, -0.1) is 0 Å². The molecule has 0 atom stereocenters. The lowest BCUT2D eigenvalue weighted by atomic mass is 10.1. The van der Waals surface area contributed by atoms with Crippen molar-refractivity contribution in [3.8, 4) is 0 Å². The maximum absolute atomic E-state index is 13.0. The van der Waals surface area contributed by atoms with E-state index >= 15 is 0 Å². The van der Waals surface area contributed by atoms with Crippen molar-refractivity contribution < 1.29 is 19.1 Å². The van der Waals surface area contributed by atoms with E-state index in [0.29, 0.717) is 0 Å². The molecule has 0 unspecified atom stereocenters. The molecule has 80 valence electrons. The van der Waals surface area contributed by atoms with Gasteiger partial charge in [-0.1, -0.05) is 16.8 Å². The van der Waals surface area contributed by atoms with Gasteiger partial charge in [0.25, 0.3) is 0 Å². The van der Waals surface area contributed by atoms with Gasteiger partial charge in [0, 0.05) is 5.56 Å². The van der Waals surface area contributed by atoms with Crippen molar-refractivity contribution in [1.29, 1.82) is 0 Å². The molecule has 0 heterocycles. The van der Waals surface area contributed by atoms with Crippen LogP contribution in [0.25, 0.3) is 0 Å². The Morgan fingerprint density at radius 3 is 2.87 bits per heavy atom. The van der Waals surface area contributed by atoms with Crippen LogP contribution in [0.4, 0.5) is 4.39 Å². The Morgan fingerprint density at radius 2 is 2.33 bits per heavy atom. The van der Waals surface area contributed by atoms with Crippen LogP contribution in [0.2, 0.25) is 5.02 Å². The van der Waals surface area contributed by atoms with E-state index in [2.05, 4.69) is 9.89 Å². The van der Waals surface area contributed by atoms with E-state index in [1.165, 1.54) is 0 Å². The number of methoxy groups -OCH3 is 1. The molecule has 1 rings (SSSR count). The molecule has 0 aliphatic rings. The number of carbonyl (C=O) groups is 1. The van der Waals surface area contributed by atoms with E-state index in [0.717, 1.165) is 25.5 Å². The number of benzene rings is 1. The smallest absolute Gasteiger partial charge is 0.339 e. The van der Waals surface area contributed by atoms with E-state index in [4.69, 9.17) is 16.8 Å². The second kappa shape index (κ2) is 4.75. The van der Waals surface area contributed by atoms with Crippen LogP contribution in [-0.4, -0.2) is 24.5 Å². The van der Waals surface area contributed by atoms with Crippen molar-refractivity contribution in [2.45, 2.75) is 0 Å². The van der Waals surface area contributed by atoms with Gasteiger partial charge in [0.2, 0.25) is 0 Å². The van der Waals surface area contributed by atoms with Gasteiger partial charge < -0.3 is 9.94 Å². The van der Waals surface area contributed by atoms with Crippen LogP contribution < -0.4 is 0 Å². The number of carbonyl (C=O) groups excluding carboxylic acids is 1. The molecule has 1 N–H and O–H groups in total. The minimum Gasteiger partial charge on any atom is -0.465 e. The molecule has 0 saturated heterocycles. The SMILES string of the molecule is COC(=O)c1cc(F)cc(/C=N/O)c1Cl. The van der Waals surface area contributed by atoms with E-state index in [1.807, 2.05) is 0 Å². The summed E-state index contributed by atoms with van der Waals surface area (Å²) in [4.78, 5) is 11.2. The topological polar surface area (TPSA) is 58.9 Å². The fourth-order valence-corrected chi connectivity index (χ4v) is 1.26. The molecule has 6 heteroatoms. The molecule has 1 aromatic carbocycles. The molecule has 0 fully saturated rings. The quantitative estimate of drug-likeness (QED) is 0.367. The third-order valence-corrected chi connectivity index (χ3v) is 2.09. The molecule has 0 aliphatic carbocycles. The van der Waals surface area contributed by atoms with Crippen LogP contribution >= 0.6 is 11.6 Å². The van der Waals surface area contributed by atoms with Crippen molar-refractivity contribution in [3.63, 3.8) is 0 Å². The maximum atomic E-state index is 13.0. The maximum Gasteiger partial charge on any atom is 0.339 e. The summed E-state index contributed by atoms with van der Waals surface area (Å²) in [6.45, 7) is 0. The molecule has 0 spiro atoms. The first-order chi connectivity index (χ1) is 7.10. The molecule has 15 heavy (non-hydrogen) atoms. The lowest BCUT2D eigenvalue weighted by Gasteiger charge is -2.04. The molecular weight excluding hydrogens is 225 g/mol. The molecule has 0 aliphatic heterocycles. The molecule has 0 bridgehead atoms. The van der Waals surface area contributed by atoms with Gasteiger partial charge in [-0.2, -0.15) is 0 Å². The van der Waals surface area contributed by atoms with Crippen LogP contribution in [-0.2, 0) is 4.74 Å². The molecular formula is C9H7ClFNO3. The van der Waals surface area contributed by atoms with Gasteiger partial charge in [-0.05, 0) is 12.1 Å². The summed E-state index contributed by atoms with van der Waals surface area (Å²) < 4.78 is 17.4. The van der Waals surface area contributed by atoms with Gasteiger partial charge in [-0.25, -0.2) is 9.18 Å². The molecule has 0 saturated carbocycles. The predicted molar refractivity (Wildman–Crippen MR) is 52.1 cm³/mol. The number of rotatable bonds is 2. The van der Waals surface area contributed by atoms with Crippen LogP contribution in [0.15, 0.2) is 17.3 Å². The minimum absolute atomic E-state index is 0.0268. The fraction of sp³-hybridized carbons (Fsp3) is 0.111. The summed E-state index contributed by atoms with van der Waals surface area (Å²) in [6.07, 6.45) is 0.928. The predicted octanol–water partition coefficient (Wildman–Crippen LogP) is 2.07. The summed E-state index contributed by atoms with van der Waals surface area (Å²) in [5, 5.41) is 11.0. The lowest BCUT2D eigenvalue weighted by molar-refractivity contribution is 0.0600. The number of ether oxygens (including phenoxy) is 1. The van der Waals surface area contributed by atoms with Crippen molar-refractivity contribution >= 4 is 23.8 Å². The number of halogens is 2. The largest absolute Gasteiger partial charge is 0.465 e. The highest BCUT2D eigenvalue weighted by atomic mass is 35.5. The highest BCUT2D eigenvalue weighted by Crippen LogP contribution is 2.22. The van der Waals surface area contributed by atoms with Gasteiger partial charge in [0.15, 0.2) is 0 Å². The Morgan fingerprint density at radius 1 is 1.67 bits per heavy atom. The summed E-state index contributed by atoms with van der Waals surface area (Å²) in [7, 11) is 1.16. The van der Waals surface area contributed by atoms with Crippen molar-refractivity contribution in [2.75, 3.05) is 7.11 Å². The van der Waals surface area contributed by atoms with Crippen LogP contribution in [0, 0.1) is 5.82 Å². The van der Waals surface area contributed by atoms with E-state index in [9.17, 15) is 9.18 Å². The highest BCUT2D eigenvalue weighted by Gasteiger charge is 2.15. The Kier molecular flexibility index (Phi) is 3.62. The molecule has 0 amide bonds. The fourth-order valence-electron chi connectivity index (χ4n) is 1.02. The summed E-state index contributed by atoms with van der Waals surface area (Å²) in [6, 6.07) is 1.98. The Balaban J connectivity index is 3.34. The molecule has 0 aromatic heterocycles. The highest BCUT2D eigenvalue weighted by molar-refractivity contribution is 6.36. The minimum atomic E-state index is -0.757.